The molecule has 0 radical (unpaired) electrons. The fourth-order valence-electron chi connectivity index (χ4n) is 3.43. The highest BCUT2D eigenvalue weighted by atomic mass is 16.5. The van der Waals surface area contributed by atoms with Gasteiger partial charge in [0.1, 0.15) is 5.75 Å². The summed E-state index contributed by atoms with van der Waals surface area (Å²) in [6.45, 7) is 0.688. The predicted molar refractivity (Wildman–Crippen MR) is 80.1 cm³/mol. The minimum Gasteiger partial charge on any atom is -0.493 e. The van der Waals surface area contributed by atoms with E-state index in [1.807, 2.05) is 24.3 Å². The number of benzene rings is 1. The second-order valence-corrected chi connectivity index (χ2v) is 6.26. The van der Waals surface area contributed by atoms with Gasteiger partial charge in [0.2, 0.25) is 5.91 Å². The first-order chi connectivity index (χ1) is 10.2. The van der Waals surface area contributed by atoms with Gasteiger partial charge in [-0.1, -0.05) is 31.0 Å². The van der Waals surface area contributed by atoms with Crippen molar-refractivity contribution >= 4 is 5.91 Å². The number of hydrogen-bond donors (Lipinski definition) is 2. The third-order valence-electron chi connectivity index (χ3n) is 4.55. The molecule has 2 aliphatic rings. The maximum Gasteiger partial charge on any atom is 0.223 e. The Morgan fingerprint density at radius 1 is 1.29 bits per heavy atom. The van der Waals surface area contributed by atoms with Crippen molar-refractivity contribution in [2.45, 2.75) is 56.6 Å². The number of fused-ring (bicyclic) bond motifs is 1. The van der Waals surface area contributed by atoms with Crippen LogP contribution in [0.4, 0.5) is 0 Å². The van der Waals surface area contributed by atoms with E-state index in [1.165, 1.54) is 0 Å². The Morgan fingerprint density at radius 2 is 2.05 bits per heavy atom. The maximum atomic E-state index is 12.3. The van der Waals surface area contributed by atoms with Crippen LogP contribution in [0.25, 0.3) is 0 Å². The number of ether oxygens (including phenoxy) is 1. The molecule has 4 heteroatoms. The number of carbonyl (C=O) groups is 1. The Morgan fingerprint density at radius 3 is 2.86 bits per heavy atom. The lowest BCUT2D eigenvalue weighted by atomic mass is 9.96. The number of hydrogen-bond acceptors (Lipinski definition) is 3. The minimum absolute atomic E-state index is 0.0128. The molecule has 1 fully saturated rings. The van der Waals surface area contributed by atoms with Gasteiger partial charge < -0.3 is 15.2 Å². The highest BCUT2D eigenvalue weighted by Crippen LogP contribution is 2.34. The normalized spacial score (nSPS) is 23.8. The highest BCUT2D eigenvalue weighted by Gasteiger charge is 2.34. The van der Waals surface area contributed by atoms with Gasteiger partial charge in [-0.2, -0.15) is 0 Å². The zero-order chi connectivity index (χ0) is 14.7. The molecule has 1 aromatic carbocycles. The van der Waals surface area contributed by atoms with Crippen LogP contribution < -0.4 is 10.1 Å². The summed E-state index contributed by atoms with van der Waals surface area (Å²) in [7, 11) is 0. The van der Waals surface area contributed by atoms with Gasteiger partial charge in [-0.25, -0.2) is 0 Å². The zero-order valence-corrected chi connectivity index (χ0v) is 12.3. The topological polar surface area (TPSA) is 58.6 Å². The molecule has 1 saturated carbocycles. The van der Waals surface area contributed by atoms with Gasteiger partial charge in [0.25, 0.3) is 0 Å². The van der Waals surface area contributed by atoms with E-state index in [9.17, 15) is 9.90 Å². The zero-order valence-electron chi connectivity index (χ0n) is 12.3. The van der Waals surface area contributed by atoms with Crippen LogP contribution in [0, 0.1) is 0 Å². The molecule has 1 aliphatic heterocycles. The van der Waals surface area contributed by atoms with Gasteiger partial charge in [-0.3, -0.25) is 4.79 Å². The summed E-state index contributed by atoms with van der Waals surface area (Å²) in [5.74, 6) is 0.806. The van der Waals surface area contributed by atoms with Crippen LogP contribution in [0.15, 0.2) is 24.3 Å². The van der Waals surface area contributed by atoms with Crippen molar-refractivity contribution in [1.29, 1.82) is 0 Å². The van der Waals surface area contributed by atoms with E-state index in [1.54, 1.807) is 0 Å². The van der Waals surface area contributed by atoms with Gasteiger partial charge >= 0.3 is 0 Å². The maximum absolute atomic E-state index is 12.3. The Hall–Kier alpha value is -1.55. The molecule has 0 aromatic heterocycles. The van der Waals surface area contributed by atoms with Crippen LogP contribution in [0.5, 0.6) is 5.75 Å². The van der Waals surface area contributed by atoms with E-state index in [0.717, 1.165) is 49.8 Å². The van der Waals surface area contributed by atoms with Crippen molar-refractivity contribution in [1.82, 2.24) is 5.32 Å². The van der Waals surface area contributed by atoms with Crippen LogP contribution in [0.3, 0.4) is 0 Å². The first-order valence-corrected chi connectivity index (χ1v) is 7.90. The molecular formula is C17H23NO3. The van der Waals surface area contributed by atoms with Crippen LogP contribution >= 0.6 is 0 Å². The van der Waals surface area contributed by atoms with Crippen molar-refractivity contribution in [3.63, 3.8) is 0 Å². The minimum atomic E-state index is -0.787. The Kier molecular flexibility index (Phi) is 4.15. The molecule has 21 heavy (non-hydrogen) atoms. The molecule has 114 valence electrons. The number of rotatable bonds is 3. The summed E-state index contributed by atoms with van der Waals surface area (Å²) in [4.78, 5) is 12.3. The fraction of sp³-hybridized carbons (Fsp3) is 0.588. The lowest BCUT2D eigenvalue weighted by Gasteiger charge is -2.24. The van der Waals surface area contributed by atoms with Crippen LogP contribution in [-0.4, -0.2) is 23.2 Å². The molecule has 0 bridgehead atoms. The molecule has 2 N–H and O–H groups in total. The Balaban J connectivity index is 1.68. The largest absolute Gasteiger partial charge is 0.493 e. The van der Waals surface area contributed by atoms with E-state index >= 15 is 0 Å². The van der Waals surface area contributed by atoms with E-state index in [-0.39, 0.29) is 18.4 Å². The van der Waals surface area contributed by atoms with Gasteiger partial charge in [-0.15, -0.1) is 0 Å². The molecule has 0 saturated heterocycles. The van der Waals surface area contributed by atoms with Crippen molar-refractivity contribution in [3.05, 3.63) is 29.8 Å². The fourth-order valence-corrected chi connectivity index (χ4v) is 3.43. The van der Waals surface area contributed by atoms with Gasteiger partial charge in [0.05, 0.1) is 24.7 Å². The van der Waals surface area contributed by atoms with Crippen molar-refractivity contribution in [2.75, 3.05) is 6.61 Å². The first kappa shape index (κ1) is 14.4. The van der Waals surface area contributed by atoms with Crippen LogP contribution in [0.1, 0.15) is 56.6 Å². The lowest BCUT2D eigenvalue weighted by Crippen LogP contribution is -2.36. The quantitative estimate of drug-likeness (QED) is 0.899. The van der Waals surface area contributed by atoms with Gasteiger partial charge in [-0.05, 0) is 31.7 Å². The molecule has 1 unspecified atom stereocenters. The smallest absolute Gasteiger partial charge is 0.223 e. The number of nitrogens with one attached hydrogen (secondary N) is 1. The monoisotopic (exact) mass is 289 g/mol. The summed E-state index contributed by atoms with van der Waals surface area (Å²) in [6, 6.07) is 7.86. The van der Waals surface area contributed by atoms with E-state index in [0.29, 0.717) is 6.61 Å². The first-order valence-electron chi connectivity index (χ1n) is 7.90. The second kappa shape index (κ2) is 6.06. The third-order valence-corrected chi connectivity index (χ3v) is 4.55. The molecular weight excluding hydrogens is 266 g/mol. The SMILES string of the molecule is O=C(CC1(O)CCCC1)NC1CCCOc2ccccc21. The van der Waals surface area contributed by atoms with E-state index in [4.69, 9.17) is 4.74 Å². The molecule has 1 aliphatic carbocycles. The molecule has 0 spiro atoms. The molecule has 4 nitrogen and oxygen atoms in total. The number of amides is 1. The lowest BCUT2D eigenvalue weighted by molar-refractivity contribution is -0.126. The number of para-hydroxylation sites is 1. The highest BCUT2D eigenvalue weighted by molar-refractivity contribution is 5.77. The summed E-state index contributed by atoms with van der Waals surface area (Å²) in [6.07, 6.45) is 5.53. The number of carbonyl (C=O) groups excluding carboxylic acids is 1. The molecule has 1 atom stereocenters. The van der Waals surface area contributed by atoms with Crippen molar-refractivity contribution < 1.29 is 14.6 Å². The van der Waals surface area contributed by atoms with Crippen molar-refractivity contribution in [3.8, 4) is 5.75 Å². The van der Waals surface area contributed by atoms with Crippen LogP contribution in [0.2, 0.25) is 0 Å². The van der Waals surface area contributed by atoms with Gasteiger partial charge in [0.15, 0.2) is 0 Å². The molecule has 1 heterocycles. The summed E-state index contributed by atoms with van der Waals surface area (Å²) < 4.78 is 5.71. The Labute approximate surface area is 125 Å². The molecule has 3 rings (SSSR count). The second-order valence-electron chi connectivity index (χ2n) is 6.26. The van der Waals surface area contributed by atoms with Crippen molar-refractivity contribution in [2.24, 2.45) is 0 Å². The average molecular weight is 289 g/mol. The average Bonchev–Trinajstić information content (AvgIpc) is 2.78. The molecule has 1 amide bonds. The van der Waals surface area contributed by atoms with E-state index in [2.05, 4.69) is 5.32 Å². The van der Waals surface area contributed by atoms with Gasteiger partial charge in [0, 0.05) is 5.56 Å². The molecule has 1 aromatic rings. The summed E-state index contributed by atoms with van der Waals surface area (Å²) in [5.41, 5.74) is 0.256. The third kappa shape index (κ3) is 3.38. The summed E-state index contributed by atoms with van der Waals surface area (Å²) in [5, 5.41) is 13.4. The predicted octanol–water partition coefficient (Wildman–Crippen LogP) is 2.71. The summed E-state index contributed by atoms with van der Waals surface area (Å²) >= 11 is 0. The van der Waals surface area contributed by atoms with Crippen LogP contribution in [-0.2, 0) is 4.79 Å². The number of aliphatic hydroxyl groups is 1. The standard InChI is InChI=1S/C17H23NO3/c19-16(12-17(20)9-3-4-10-17)18-14-7-5-11-21-15-8-2-1-6-13(14)15/h1-2,6,8,14,20H,3-5,7,9-12H2,(H,18,19). The Bertz CT molecular complexity index is 509. The van der Waals surface area contributed by atoms with E-state index < -0.39 is 5.60 Å².